The monoisotopic (exact) mass is 196 g/mol. The van der Waals surface area contributed by atoms with Crippen molar-refractivity contribution in [2.24, 2.45) is 5.92 Å². The molecule has 0 aliphatic heterocycles. The summed E-state index contributed by atoms with van der Waals surface area (Å²) >= 11 is 0. The molecular formula is C8H11F3O2. The van der Waals surface area contributed by atoms with Crippen molar-refractivity contribution in [2.45, 2.75) is 32.9 Å². The van der Waals surface area contributed by atoms with Crippen LogP contribution in [-0.2, 0) is 9.59 Å². The molecule has 0 aromatic carbocycles. The molecule has 13 heavy (non-hydrogen) atoms. The fourth-order valence-electron chi connectivity index (χ4n) is 0.775. The lowest BCUT2D eigenvalue weighted by atomic mass is 10.0. The van der Waals surface area contributed by atoms with E-state index in [0.717, 1.165) is 0 Å². The zero-order valence-corrected chi connectivity index (χ0v) is 7.39. The van der Waals surface area contributed by atoms with Crippen LogP contribution in [0.4, 0.5) is 13.2 Å². The molecule has 0 rings (SSSR count). The highest BCUT2D eigenvalue weighted by Crippen LogP contribution is 2.10. The molecule has 0 aromatic heterocycles. The van der Waals surface area contributed by atoms with E-state index in [0.29, 0.717) is 0 Å². The molecule has 0 spiro atoms. The molecule has 0 bridgehead atoms. The largest absolute Gasteiger partial charge is 0.299 e. The summed E-state index contributed by atoms with van der Waals surface area (Å²) in [5.74, 6) is -3.15. The van der Waals surface area contributed by atoms with Crippen molar-refractivity contribution in [1.29, 1.82) is 0 Å². The van der Waals surface area contributed by atoms with Gasteiger partial charge >= 0.3 is 0 Å². The van der Waals surface area contributed by atoms with E-state index in [4.69, 9.17) is 0 Å². The number of Topliss-reactive ketones (excluding diaryl/α,β-unsaturated/α-hetero) is 2. The maximum absolute atomic E-state index is 12.6. The van der Waals surface area contributed by atoms with E-state index in [1.54, 1.807) is 13.8 Å². The van der Waals surface area contributed by atoms with E-state index >= 15 is 0 Å². The minimum atomic E-state index is -3.41. The smallest absolute Gasteiger partial charge is 0.296 e. The Morgan fingerprint density at radius 1 is 1.15 bits per heavy atom. The van der Waals surface area contributed by atoms with Crippen molar-refractivity contribution in [3.63, 3.8) is 0 Å². The van der Waals surface area contributed by atoms with Gasteiger partial charge in [-0.25, -0.2) is 13.2 Å². The Labute approximate surface area is 74.1 Å². The van der Waals surface area contributed by atoms with Gasteiger partial charge in [-0.1, -0.05) is 13.8 Å². The van der Waals surface area contributed by atoms with Gasteiger partial charge in [-0.2, -0.15) is 0 Å². The zero-order valence-electron chi connectivity index (χ0n) is 7.39. The van der Waals surface area contributed by atoms with Crippen LogP contribution in [0.25, 0.3) is 0 Å². The summed E-state index contributed by atoms with van der Waals surface area (Å²) in [7, 11) is 0. The normalized spacial score (nSPS) is 13.5. The number of hydrogen-bond donors (Lipinski definition) is 0. The predicted molar refractivity (Wildman–Crippen MR) is 40.4 cm³/mol. The zero-order chi connectivity index (χ0) is 10.6. The molecule has 0 aliphatic carbocycles. The molecule has 1 unspecified atom stereocenters. The highest BCUT2D eigenvalue weighted by atomic mass is 19.3. The van der Waals surface area contributed by atoms with Gasteiger partial charge in [0, 0.05) is 6.42 Å². The third-order valence-corrected chi connectivity index (χ3v) is 1.36. The van der Waals surface area contributed by atoms with Gasteiger partial charge in [-0.3, -0.25) is 9.59 Å². The topological polar surface area (TPSA) is 34.1 Å². The SMILES string of the molecule is CC(C)CC(=O)C(F)C(=O)C(F)F. The van der Waals surface area contributed by atoms with Gasteiger partial charge in [0.2, 0.25) is 12.0 Å². The Morgan fingerprint density at radius 2 is 1.62 bits per heavy atom. The molecule has 0 aromatic rings. The number of alkyl halides is 3. The summed E-state index contributed by atoms with van der Waals surface area (Å²) in [5, 5.41) is 0. The van der Waals surface area contributed by atoms with Crippen LogP contribution in [0.5, 0.6) is 0 Å². The third-order valence-electron chi connectivity index (χ3n) is 1.36. The lowest BCUT2D eigenvalue weighted by Crippen LogP contribution is -2.31. The van der Waals surface area contributed by atoms with E-state index in [9.17, 15) is 22.8 Å². The van der Waals surface area contributed by atoms with Crippen LogP contribution in [0, 0.1) is 5.92 Å². The molecule has 0 heterocycles. The quantitative estimate of drug-likeness (QED) is 0.628. The maximum atomic E-state index is 12.6. The molecule has 0 aliphatic rings. The van der Waals surface area contributed by atoms with Crippen LogP contribution in [0.3, 0.4) is 0 Å². The molecule has 2 nitrogen and oxygen atoms in total. The first kappa shape index (κ1) is 12.1. The van der Waals surface area contributed by atoms with Crippen LogP contribution in [0.1, 0.15) is 20.3 Å². The Hall–Kier alpha value is -0.870. The molecular weight excluding hydrogens is 185 g/mol. The van der Waals surface area contributed by atoms with Crippen LogP contribution < -0.4 is 0 Å². The highest BCUT2D eigenvalue weighted by Gasteiger charge is 2.32. The van der Waals surface area contributed by atoms with E-state index in [1.807, 2.05) is 0 Å². The van der Waals surface area contributed by atoms with Crippen LogP contribution >= 0.6 is 0 Å². The molecule has 0 saturated carbocycles. The van der Waals surface area contributed by atoms with Gasteiger partial charge in [-0.05, 0) is 5.92 Å². The van der Waals surface area contributed by atoms with Gasteiger partial charge < -0.3 is 0 Å². The first-order valence-electron chi connectivity index (χ1n) is 3.85. The molecule has 5 heteroatoms. The van der Waals surface area contributed by atoms with Crippen molar-refractivity contribution >= 4 is 11.6 Å². The standard InChI is InChI=1S/C8H11F3O2/c1-4(2)3-5(12)6(9)7(13)8(10)11/h4,6,8H,3H2,1-2H3. The molecule has 0 amide bonds. The van der Waals surface area contributed by atoms with Crippen molar-refractivity contribution < 1.29 is 22.8 Å². The van der Waals surface area contributed by atoms with Crippen molar-refractivity contribution in [2.75, 3.05) is 0 Å². The van der Waals surface area contributed by atoms with Gasteiger partial charge in [0.25, 0.3) is 6.43 Å². The van der Waals surface area contributed by atoms with E-state index in [2.05, 4.69) is 0 Å². The molecule has 0 N–H and O–H groups in total. The molecule has 0 fully saturated rings. The lowest BCUT2D eigenvalue weighted by Gasteiger charge is -2.07. The molecule has 0 saturated heterocycles. The van der Waals surface area contributed by atoms with Crippen molar-refractivity contribution in [3.8, 4) is 0 Å². The summed E-state index contributed by atoms with van der Waals surface area (Å²) in [6.45, 7) is 3.27. The number of hydrogen-bond acceptors (Lipinski definition) is 2. The van der Waals surface area contributed by atoms with Crippen LogP contribution in [0.2, 0.25) is 0 Å². The predicted octanol–water partition coefficient (Wildman–Crippen LogP) is 1.77. The number of halogens is 3. The summed E-state index contributed by atoms with van der Waals surface area (Å²) in [6, 6.07) is 0. The molecule has 76 valence electrons. The second kappa shape index (κ2) is 4.99. The average Bonchev–Trinajstić information content (AvgIpc) is 2.00. The minimum Gasteiger partial charge on any atom is -0.296 e. The Bertz CT molecular complexity index is 202. The third kappa shape index (κ3) is 4.05. The van der Waals surface area contributed by atoms with E-state index in [-0.39, 0.29) is 12.3 Å². The van der Waals surface area contributed by atoms with Crippen LogP contribution in [0.15, 0.2) is 0 Å². The van der Waals surface area contributed by atoms with E-state index in [1.165, 1.54) is 0 Å². The number of rotatable bonds is 5. The second-order valence-corrected chi connectivity index (χ2v) is 3.13. The summed E-state index contributed by atoms with van der Waals surface area (Å²) < 4.78 is 35.9. The second-order valence-electron chi connectivity index (χ2n) is 3.13. The Kier molecular flexibility index (Phi) is 4.66. The van der Waals surface area contributed by atoms with Gasteiger partial charge in [-0.15, -0.1) is 0 Å². The maximum Gasteiger partial charge on any atom is 0.299 e. The lowest BCUT2D eigenvalue weighted by molar-refractivity contribution is -0.141. The summed E-state index contributed by atoms with van der Waals surface area (Å²) in [5.41, 5.74) is 0. The van der Waals surface area contributed by atoms with Crippen molar-refractivity contribution in [3.05, 3.63) is 0 Å². The summed E-state index contributed by atoms with van der Waals surface area (Å²) in [6.07, 6.45) is -6.27. The van der Waals surface area contributed by atoms with E-state index < -0.39 is 24.2 Å². The minimum absolute atomic E-state index is 0.142. The van der Waals surface area contributed by atoms with Crippen molar-refractivity contribution in [1.82, 2.24) is 0 Å². The first-order chi connectivity index (χ1) is 5.86. The highest BCUT2D eigenvalue weighted by molar-refractivity contribution is 6.06. The Balaban J connectivity index is 4.18. The van der Waals surface area contributed by atoms with Gasteiger partial charge in [0.05, 0.1) is 0 Å². The molecule has 0 radical (unpaired) electrons. The fraction of sp³-hybridized carbons (Fsp3) is 0.750. The van der Waals surface area contributed by atoms with Gasteiger partial charge in [0.15, 0.2) is 5.78 Å². The molecule has 1 atom stereocenters. The number of carbonyl (C=O) groups is 2. The number of carbonyl (C=O) groups excluding carboxylic acids is 2. The summed E-state index contributed by atoms with van der Waals surface area (Å²) in [4.78, 5) is 21.1. The first-order valence-corrected chi connectivity index (χ1v) is 3.85. The Morgan fingerprint density at radius 3 is 1.92 bits per heavy atom. The number of ketones is 2. The fourth-order valence-corrected chi connectivity index (χ4v) is 0.775. The van der Waals surface area contributed by atoms with Gasteiger partial charge in [0.1, 0.15) is 0 Å². The average molecular weight is 196 g/mol. The van der Waals surface area contributed by atoms with Crippen LogP contribution in [-0.4, -0.2) is 24.2 Å².